The molecule has 0 aliphatic rings. The number of hydrogen-bond donors (Lipinski definition) is 1. The van der Waals surface area contributed by atoms with Crippen LogP contribution in [-0.4, -0.2) is 15.6 Å². The van der Waals surface area contributed by atoms with Gasteiger partial charge in [0.1, 0.15) is 0 Å². The Kier molecular flexibility index (Phi) is 2.48. The summed E-state index contributed by atoms with van der Waals surface area (Å²) in [5, 5.41) is 7.66. The molecule has 0 saturated heterocycles. The standard InChI is InChI=1S/C2HO3.O.V/c3-1-2(4)5;;/h(H,4,5);;. The van der Waals surface area contributed by atoms with E-state index in [-0.39, 0.29) is 0 Å². The van der Waals surface area contributed by atoms with Crippen LogP contribution in [0.2, 0.25) is 0 Å². The van der Waals surface area contributed by atoms with E-state index in [1.54, 1.807) is 0 Å². The second kappa shape index (κ2) is 2.66. The van der Waals surface area contributed by atoms with Crippen LogP contribution >= 0.6 is 0 Å². The van der Waals surface area contributed by atoms with Crippen molar-refractivity contribution >= 4 is 10.5 Å². The zero-order valence-corrected chi connectivity index (χ0v) is 4.52. The molecule has 0 unspecified atom stereocenters. The minimum absolute atomic E-state index is 1.20. The van der Waals surface area contributed by atoms with Crippen LogP contribution in [0.15, 0.2) is 0 Å². The third-order valence-corrected chi connectivity index (χ3v) is 0.824. The van der Waals surface area contributed by atoms with Crippen molar-refractivity contribution in [2.45, 2.75) is 0 Å². The Balaban J connectivity index is 3.81. The SMILES string of the molecule is [O]=[V][C](=O)C(=O)O. The topological polar surface area (TPSA) is 71.4 Å². The molecule has 0 radical (unpaired) electrons. The van der Waals surface area contributed by atoms with Gasteiger partial charge in [-0.1, -0.05) is 0 Å². The van der Waals surface area contributed by atoms with Crippen LogP contribution < -0.4 is 0 Å². The molecule has 4 nitrogen and oxygen atoms in total. The van der Waals surface area contributed by atoms with Crippen molar-refractivity contribution < 1.29 is 34.6 Å². The van der Waals surface area contributed by atoms with Crippen molar-refractivity contribution in [2.24, 2.45) is 0 Å². The first-order valence-corrected chi connectivity index (χ1v) is 2.56. The molecule has 0 aliphatic heterocycles. The fraction of sp³-hybridized carbons (Fsp3) is 0. The summed E-state index contributed by atoms with van der Waals surface area (Å²) in [4.78, 5) is 19.0. The Labute approximate surface area is 45.8 Å². The van der Waals surface area contributed by atoms with E-state index >= 15 is 0 Å². The maximum atomic E-state index is 9.64. The summed E-state index contributed by atoms with van der Waals surface area (Å²) in [5.41, 5.74) is 0. The van der Waals surface area contributed by atoms with Gasteiger partial charge in [-0.15, -0.1) is 0 Å². The molecule has 0 atom stereocenters. The second-order valence-corrected chi connectivity index (χ2v) is 1.62. The predicted octanol–water partition coefficient (Wildman–Crippen LogP) is -0.974. The van der Waals surface area contributed by atoms with Crippen molar-refractivity contribution in [1.29, 1.82) is 0 Å². The van der Waals surface area contributed by atoms with E-state index in [0.717, 1.165) is 0 Å². The summed E-state index contributed by atoms with van der Waals surface area (Å²) < 4.78 is 8.24. The molecule has 7 heavy (non-hydrogen) atoms. The van der Waals surface area contributed by atoms with Crippen molar-refractivity contribution in [3.05, 3.63) is 0 Å². The molecule has 0 heterocycles. The predicted molar refractivity (Wildman–Crippen MR) is 13.3 cm³/mol. The molecule has 0 aliphatic carbocycles. The van der Waals surface area contributed by atoms with Crippen LogP contribution in [0.3, 0.4) is 0 Å². The van der Waals surface area contributed by atoms with Crippen molar-refractivity contribution in [3.63, 3.8) is 0 Å². The van der Waals surface area contributed by atoms with Gasteiger partial charge in [0, 0.05) is 0 Å². The molecule has 0 bridgehead atoms. The van der Waals surface area contributed by atoms with E-state index in [4.69, 9.17) is 5.11 Å². The van der Waals surface area contributed by atoms with Gasteiger partial charge >= 0.3 is 45.1 Å². The molecule has 38 valence electrons. The number of hydrogen-bond acceptors (Lipinski definition) is 3. The molecule has 0 spiro atoms. The third kappa shape index (κ3) is 2.25. The van der Waals surface area contributed by atoms with Crippen LogP contribution in [0, 0.1) is 0 Å². The molecule has 1 N–H and O–H groups in total. The van der Waals surface area contributed by atoms with Crippen molar-refractivity contribution in [1.82, 2.24) is 0 Å². The van der Waals surface area contributed by atoms with Crippen LogP contribution in [0.4, 0.5) is 0 Å². The normalized spacial score (nSPS) is 7.43. The Hall–Kier alpha value is -0.476. The molecule has 0 fully saturated rings. The minimum atomic E-state index is -1.86. The summed E-state index contributed by atoms with van der Waals surface area (Å²) in [5.74, 6) is -1.62. The van der Waals surface area contributed by atoms with E-state index in [1.807, 2.05) is 0 Å². The second-order valence-electron chi connectivity index (χ2n) is 0.702. The number of carboxylic acids is 1. The summed E-state index contributed by atoms with van der Waals surface area (Å²) in [6.45, 7) is 0. The fourth-order valence-corrected chi connectivity index (χ4v) is 0.161. The molecular formula is C2HO4V. The van der Waals surface area contributed by atoms with E-state index in [0.29, 0.717) is 0 Å². The Morgan fingerprint density at radius 2 is 1.86 bits per heavy atom. The van der Waals surface area contributed by atoms with Crippen molar-refractivity contribution in [2.75, 3.05) is 0 Å². The third-order valence-electron chi connectivity index (χ3n) is 0.266. The maximum absolute atomic E-state index is 9.64. The van der Waals surface area contributed by atoms with Gasteiger partial charge in [-0.3, -0.25) is 0 Å². The van der Waals surface area contributed by atoms with Gasteiger partial charge in [-0.2, -0.15) is 0 Å². The first kappa shape index (κ1) is 6.52. The molecule has 0 aromatic heterocycles. The molecule has 0 aromatic carbocycles. The van der Waals surface area contributed by atoms with Crippen LogP contribution in [-0.2, 0) is 29.5 Å². The number of carbonyl (C=O) groups is 2. The Morgan fingerprint density at radius 1 is 1.43 bits per heavy atom. The summed E-state index contributed by atoms with van der Waals surface area (Å²) in [6, 6.07) is 0. The number of carbonyl (C=O) groups excluding carboxylic acids is 1. The van der Waals surface area contributed by atoms with Crippen molar-refractivity contribution in [3.8, 4) is 0 Å². The number of carboxylic acid groups (broad SMARTS) is 1. The first-order valence-electron chi connectivity index (χ1n) is 1.29. The fourth-order valence-electron chi connectivity index (χ4n) is 0.0390. The summed E-state index contributed by atoms with van der Waals surface area (Å²) >= 11 is -1.86. The first-order chi connectivity index (χ1) is 3.18. The van der Waals surface area contributed by atoms with Gasteiger partial charge in [0.05, 0.1) is 0 Å². The Morgan fingerprint density at radius 3 is 1.86 bits per heavy atom. The van der Waals surface area contributed by atoms with E-state index in [1.165, 1.54) is 0 Å². The van der Waals surface area contributed by atoms with E-state index in [9.17, 15) is 13.3 Å². The van der Waals surface area contributed by atoms with Gasteiger partial charge in [-0.25, -0.2) is 0 Å². The summed E-state index contributed by atoms with van der Waals surface area (Å²) in [7, 11) is 0. The zero-order chi connectivity index (χ0) is 5.86. The molecule has 5 heteroatoms. The van der Waals surface area contributed by atoms with Gasteiger partial charge in [0.2, 0.25) is 0 Å². The number of rotatable bonds is 2. The molecule has 0 rings (SSSR count). The van der Waals surface area contributed by atoms with Gasteiger partial charge < -0.3 is 0 Å². The van der Waals surface area contributed by atoms with E-state index in [2.05, 4.69) is 0 Å². The van der Waals surface area contributed by atoms with Crippen LogP contribution in [0.1, 0.15) is 0 Å². The van der Waals surface area contributed by atoms with Crippen LogP contribution in [0.25, 0.3) is 0 Å². The van der Waals surface area contributed by atoms with Gasteiger partial charge in [0.15, 0.2) is 0 Å². The molecule has 0 saturated carbocycles. The van der Waals surface area contributed by atoms with Gasteiger partial charge in [0.25, 0.3) is 0 Å². The quantitative estimate of drug-likeness (QED) is 0.500. The monoisotopic (exact) mass is 140 g/mol. The zero-order valence-electron chi connectivity index (χ0n) is 3.12. The van der Waals surface area contributed by atoms with Gasteiger partial charge in [-0.05, 0) is 0 Å². The average Bonchev–Trinajstić information content (AvgIpc) is 1.65. The molecule has 0 aromatic rings. The summed E-state index contributed by atoms with van der Waals surface area (Å²) in [6.07, 6.45) is 0. The molecular weight excluding hydrogens is 139 g/mol. The molecule has 0 amide bonds. The van der Waals surface area contributed by atoms with Crippen LogP contribution in [0.5, 0.6) is 0 Å². The Bertz CT molecular complexity index is 117. The number of aliphatic carboxylic acids is 1. The van der Waals surface area contributed by atoms with E-state index < -0.39 is 26.7 Å². The average molecular weight is 140 g/mol.